The molecule has 0 fully saturated rings. The van der Waals surface area contributed by atoms with Gasteiger partial charge >= 0.3 is 0 Å². The van der Waals surface area contributed by atoms with E-state index < -0.39 is 0 Å². The van der Waals surface area contributed by atoms with Gasteiger partial charge in [-0.15, -0.1) is 0 Å². The monoisotopic (exact) mass is 222 g/mol. The summed E-state index contributed by atoms with van der Waals surface area (Å²) >= 11 is 0. The number of pyridine rings is 1. The highest BCUT2D eigenvalue weighted by atomic mass is 16.1. The van der Waals surface area contributed by atoms with E-state index in [1.807, 2.05) is 30.9 Å². The fraction of sp³-hybridized carbons (Fsp3) is 0.455. The Morgan fingerprint density at radius 1 is 1.50 bits per heavy atom. The van der Waals surface area contributed by atoms with Crippen molar-refractivity contribution >= 4 is 11.7 Å². The quantitative estimate of drug-likeness (QED) is 0.747. The standard InChI is InChI=1S/C11H18N4O/c1-8(2)15(7-10(13)16)11-4-3-9(5-12)6-14-11/h3-4,6,8H,5,7,12H2,1-2H3,(H2,13,16). The van der Waals surface area contributed by atoms with E-state index in [2.05, 4.69) is 4.98 Å². The van der Waals surface area contributed by atoms with E-state index in [0.29, 0.717) is 6.54 Å². The van der Waals surface area contributed by atoms with Crippen LogP contribution < -0.4 is 16.4 Å². The largest absolute Gasteiger partial charge is 0.368 e. The van der Waals surface area contributed by atoms with Crippen LogP contribution in [0.5, 0.6) is 0 Å². The van der Waals surface area contributed by atoms with Gasteiger partial charge in [-0.2, -0.15) is 0 Å². The van der Waals surface area contributed by atoms with Crippen molar-refractivity contribution < 1.29 is 4.79 Å². The fourth-order valence-corrected chi connectivity index (χ4v) is 1.40. The second kappa shape index (κ2) is 5.46. The third-order valence-corrected chi connectivity index (χ3v) is 2.29. The van der Waals surface area contributed by atoms with E-state index in [1.54, 1.807) is 6.20 Å². The summed E-state index contributed by atoms with van der Waals surface area (Å²) in [6.45, 7) is 4.61. The first-order chi connectivity index (χ1) is 7.54. The minimum absolute atomic E-state index is 0.170. The molecule has 1 aromatic rings. The lowest BCUT2D eigenvalue weighted by molar-refractivity contribution is -0.116. The van der Waals surface area contributed by atoms with Crippen molar-refractivity contribution in [3.05, 3.63) is 23.9 Å². The fourth-order valence-electron chi connectivity index (χ4n) is 1.40. The van der Waals surface area contributed by atoms with Crippen molar-refractivity contribution in [1.82, 2.24) is 4.98 Å². The smallest absolute Gasteiger partial charge is 0.237 e. The van der Waals surface area contributed by atoms with Gasteiger partial charge in [0.05, 0.1) is 6.54 Å². The summed E-state index contributed by atoms with van der Waals surface area (Å²) in [7, 11) is 0. The summed E-state index contributed by atoms with van der Waals surface area (Å²) in [5, 5.41) is 0. The van der Waals surface area contributed by atoms with Crippen LogP contribution >= 0.6 is 0 Å². The van der Waals surface area contributed by atoms with Crippen LogP contribution in [0.3, 0.4) is 0 Å². The molecule has 0 saturated carbocycles. The first kappa shape index (κ1) is 12.4. The van der Waals surface area contributed by atoms with Crippen molar-refractivity contribution in [1.29, 1.82) is 0 Å². The maximum atomic E-state index is 10.9. The Labute approximate surface area is 95.4 Å². The van der Waals surface area contributed by atoms with Gasteiger partial charge in [-0.1, -0.05) is 6.07 Å². The molecule has 0 aromatic carbocycles. The molecular formula is C11H18N4O. The summed E-state index contributed by atoms with van der Waals surface area (Å²) in [6, 6.07) is 3.92. The molecule has 5 heteroatoms. The van der Waals surface area contributed by atoms with E-state index in [-0.39, 0.29) is 18.5 Å². The molecule has 1 rings (SSSR count). The molecule has 0 bridgehead atoms. The molecular weight excluding hydrogens is 204 g/mol. The number of carbonyl (C=O) groups excluding carboxylic acids is 1. The molecule has 1 amide bonds. The molecule has 88 valence electrons. The van der Waals surface area contributed by atoms with Gasteiger partial charge in [-0.3, -0.25) is 4.79 Å². The first-order valence-corrected chi connectivity index (χ1v) is 5.24. The van der Waals surface area contributed by atoms with E-state index in [0.717, 1.165) is 11.4 Å². The summed E-state index contributed by atoms with van der Waals surface area (Å²) < 4.78 is 0. The third-order valence-electron chi connectivity index (χ3n) is 2.29. The van der Waals surface area contributed by atoms with Crippen LogP contribution in [0.4, 0.5) is 5.82 Å². The maximum absolute atomic E-state index is 10.9. The lowest BCUT2D eigenvalue weighted by Crippen LogP contribution is -2.39. The molecule has 1 aromatic heterocycles. The maximum Gasteiger partial charge on any atom is 0.237 e. The van der Waals surface area contributed by atoms with E-state index in [4.69, 9.17) is 11.5 Å². The summed E-state index contributed by atoms with van der Waals surface area (Å²) in [5.41, 5.74) is 11.6. The van der Waals surface area contributed by atoms with Gasteiger partial charge in [0, 0.05) is 18.8 Å². The zero-order chi connectivity index (χ0) is 12.1. The minimum atomic E-state index is -0.363. The Morgan fingerprint density at radius 2 is 2.19 bits per heavy atom. The molecule has 0 saturated heterocycles. The number of hydrogen-bond donors (Lipinski definition) is 2. The number of amides is 1. The molecule has 0 aliphatic heterocycles. The molecule has 0 aliphatic rings. The van der Waals surface area contributed by atoms with Gasteiger partial charge in [0.15, 0.2) is 0 Å². The Morgan fingerprint density at radius 3 is 2.56 bits per heavy atom. The predicted octanol–water partition coefficient (Wildman–Crippen LogP) is 0.240. The number of rotatable bonds is 5. The minimum Gasteiger partial charge on any atom is -0.368 e. The molecule has 4 N–H and O–H groups in total. The van der Waals surface area contributed by atoms with E-state index in [9.17, 15) is 4.79 Å². The first-order valence-electron chi connectivity index (χ1n) is 5.24. The number of primary amides is 1. The van der Waals surface area contributed by atoms with Crippen molar-refractivity contribution in [3.8, 4) is 0 Å². The zero-order valence-corrected chi connectivity index (χ0v) is 9.68. The van der Waals surface area contributed by atoms with Crippen LogP contribution in [0.1, 0.15) is 19.4 Å². The van der Waals surface area contributed by atoms with Crippen LogP contribution in [-0.4, -0.2) is 23.5 Å². The van der Waals surface area contributed by atoms with Gasteiger partial charge in [-0.05, 0) is 25.5 Å². The molecule has 0 aliphatic carbocycles. The summed E-state index contributed by atoms with van der Waals surface area (Å²) in [4.78, 5) is 17.1. The number of carbonyl (C=O) groups is 1. The van der Waals surface area contributed by atoms with Crippen LogP contribution in [0.2, 0.25) is 0 Å². The van der Waals surface area contributed by atoms with Crippen molar-refractivity contribution in [3.63, 3.8) is 0 Å². The highest BCUT2D eigenvalue weighted by Gasteiger charge is 2.13. The lowest BCUT2D eigenvalue weighted by Gasteiger charge is -2.26. The van der Waals surface area contributed by atoms with Crippen molar-refractivity contribution in [2.75, 3.05) is 11.4 Å². The zero-order valence-electron chi connectivity index (χ0n) is 9.68. The molecule has 0 unspecified atom stereocenters. The Balaban J connectivity index is 2.88. The van der Waals surface area contributed by atoms with Gasteiger partial charge in [0.25, 0.3) is 0 Å². The summed E-state index contributed by atoms with van der Waals surface area (Å²) in [5.74, 6) is 0.379. The van der Waals surface area contributed by atoms with E-state index >= 15 is 0 Å². The lowest BCUT2D eigenvalue weighted by atomic mass is 10.2. The molecule has 0 atom stereocenters. The predicted molar refractivity (Wildman–Crippen MR) is 63.8 cm³/mol. The molecule has 1 heterocycles. The van der Waals surface area contributed by atoms with E-state index in [1.165, 1.54) is 0 Å². The number of nitrogens with two attached hydrogens (primary N) is 2. The van der Waals surface area contributed by atoms with Crippen LogP contribution in [0, 0.1) is 0 Å². The Hall–Kier alpha value is -1.62. The van der Waals surface area contributed by atoms with Crippen molar-refractivity contribution in [2.45, 2.75) is 26.4 Å². The molecule has 16 heavy (non-hydrogen) atoms. The van der Waals surface area contributed by atoms with Crippen LogP contribution in [-0.2, 0) is 11.3 Å². The topological polar surface area (TPSA) is 85.2 Å². The normalized spacial score (nSPS) is 10.5. The van der Waals surface area contributed by atoms with Gasteiger partial charge < -0.3 is 16.4 Å². The molecule has 0 radical (unpaired) electrons. The second-order valence-corrected chi connectivity index (χ2v) is 3.92. The highest BCUT2D eigenvalue weighted by molar-refractivity contribution is 5.79. The van der Waals surface area contributed by atoms with Gasteiger partial charge in [0.1, 0.15) is 5.82 Å². The Bertz CT molecular complexity index is 348. The van der Waals surface area contributed by atoms with Crippen molar-refractivity contribution in [2.24, 2.45) is 11.5 Å². The second-order valence-electron chi connectivity index (χ2n) is 3.92. The third kappa shape index (κ3) is 3.20. The number of aromatic nitrogens is 1. The average molecular weight is 222 g/mol. The summed E-state index contributed by atoms with van der Waals surface area (Å²) in [6.07, 6.45) is 1.71. The average Bonchev–Trinajstić information content (AvgIpc) is 2.25. The van der Waals surface area contributed by atoms with Crippen LogP contribution in [0.15, 0.2) is 18.3 Å². The number of anilines is 1. The molecule has 0 spiro atoms. The van der Waals surface area contributed by atoms with Gasteiger partial charge in [-0.25, -0.2) is 4.98 Å². The molecule has 5 nitrogen and oxygen atoms in total. The Kier molecular flexibility index (Phi) is 4.25. The number of hydrogen-bond acceptors (Lipinski definition) is 4. The highest BCUT2D eigenvalue weighted by Crippen LogP contribution is 2.13. The van der Waals surface area contributed by atoms with Gasteiger partial charge in [0.2, 0.25) is 5.91 Å². The number of nitrogens with zero attached hydrogens (tertiary/aromatic N) is 2. The van der Waals surface area contributed by atoms with Crippen LogP contribution in [0.25, 0.3) is 0 Å². The SMILES string of the molecule is CC(C)N(CC(N)=O)c1ccc(CN)cn1.